The summed E-state index contributed by atoms with van der Waals surface area (Å²) < 4.78 is 55.6. The number of rotatable bonds is 27. The van der Waals surface area contributed by atoms with Gasteiger partial charge >= 0.3 is 37.0 Å². The summed E-state index contributed by atoms with van der Waals surface area (Å²) in [6.45, 7) is 5.47. The van der Waals surface area contributed by atoms with Crippen molar-refractivity contribution in [3.8, 4) is 11.1 Å². The standard InChI is InChI=1S/2C15H18N2O4.C15H14N2O4.C14H17N5O2.C14H18N2O3.C11H11BrN2O3.C7H7BrN2O2.C4H5BO3.C4H5ClO/c3*1-20-15(19)13-11(10-6-7-21-8-10)4-5-12(16-13)17-14(18)9-2-3-9;15-19-16-7-12-11(10-5-6-21-8-10)3-4-13(17-12)18-14(20)9-1-2-9;17-7-12-11(10-5-6-19-8-10)3-4-13(15-12)16-14(18)9-1-2-9;1-17-11(16)9-7(12)4-5-8(13-9)14-10(15)6-2-3-6;1-12-7(11)6-4(8)2-3-5(9)10-6;6-5(7)4-1-2-8-3-4;5-4(6)3-1-2-3/h2*4-5,9-10H,2-3,6-8H2,1H3,(H,16,17,18);4-9H,2-3H2,1H3,(H,16,17,18);3-4,9-10H,1-2,5-8H2,(H,17,18,20);3-4,9-10,17H,1-2,5-8H2,(H,15,16,18);4-6H,2-3H2,1H3,(H,13,14,15);2-3H,1H3,(H2,9,10);1-3,6-7H;3H,1-2H2. The van der Waals surface area contributed by atoms with E-state index in [2.05, 4.69) is 123 Å². The van der Waals surface area contributed by atoms with Gasteiger partial charge in [-0.15, -0.1) is 0 Å². The summed E-state index contributed by atoms with van der Waals surface area (Å²) in [5.41, 5.74) is 21.7. The number of halogens is 3. The SMILES string of the molecule is COC(=O)c1nc(N)ccc1Br.COC(=O)c1nc(NC(=O)C2CC2)ccc1-c1ccoc1.COC(=O)c1nc(NC(=O)C2CC2)ccc1Br.COC(=O)c1nc(NC(=O)C2CC2)ccc1C1CCOC1.COC(=O)c1nc(NC(=O)C2CC2)ccc1C1CCOC1.O=C(Cl)C1CC1.O=C(Nc1ccc(C2CCOC2)c(CO)n1)C1CC1.OB(O)c1ccoc1.[N-]=[N+]=NCc1nc(NC(=O)C2CC2)ccc1C1CCOC1. The number of nitrogens with zero attached hydrogens (tertiary/aromatic N) is 10. The zero-order chi connectivity index (χ0) is 104. The van der Waals surface area contributed by atoms with E-state index in [0.29, 0.717) is 112 Å². The van der Waals surface area contributed by atoms with Crippen LogP contribution in [0.25, 0.3) is 21.6 Å². The highest BCUT2D eigenvalue weighted by Crippen LogP contribution is 2.40. The van der Waals surface area contributed by atoms with Crippen molar-refractivity contribution in [1.82, 2.24) is 34.9 Å². The van der Waals surface area contributed by atoms with Crippen LogP contribution >= 0.6 is 43.5 Å². The molecule has 7 saturated carbocycles. The number of aliphatic hydroxyl groups is 1. The number of azide groups is 1. The van der Waals surface area contributed by atoms with Gasteiger partial charge < -0.3 is 104 Å². The smallest absolute Gasteiger partial charge is 0.473 e. The first-order valence-electron chi connectivity index (χ1n) is 47.4. The third-order valence-electron chi connectivity index (χ3n) is 24.1. The number of carbonyl (C=O) groups excluding carboxylic acids is 12. The molecule has 9 aromatic heterocycles. The zero-order valence-corrected chi connectivity index (χ0v) is 84.6. The number of nitrogen functional groups attached to an aromatic ring is 1. The number of amides is 6. The van der Waals surface area contributed by atoms with Crippen molar-refractivity contribution >= 4 is 167 Å². The van der Waals surface area contributed by atoms with Crippen LogP contribution in [0.3, 0.4) is 0 Å². The Kier molecular flexibility index (Phi) is 42.1. The average molecular weight is 2160 g/mol. The summed E-state index contributed by atoms with van der Waals surface area (Å²) in [7, 11) is 5.11. The fourth-order valence-corrected chi connectivity index (χ4v) is 15.7. The van der Waals surface area contributed by atoms with Crippen molar-refractivity contribution in [1.29, 1.82) is 0 Å². The number of pyridine rings is 7. The minimum atomic E-state index is -1.41. The molecule has 7 aliphatic carbocycles. The molecule has 13 heterocycles. The molecule has 0 spiro atoms. The van der Waals surface area contributed by atoms with E-state index in [-0.39, 0.29) is 141 Å². The minimum absolute atomic E-state index is 0.0224. The van der Waals surface area contributed by atoms with Crippen molar-refractivity contribution in [2.75, 3.05) is 126 Å². The normalized spacial score (nSPS) is 17.8. The zero-order valence-electron chi connectivity index (χ0n) is 80.7. The second-order valence-corrected chi connectivity index (χ2v) is 37.3. The van der Waals surface area contributed by atoms with Gasteiger partial charge in [-0.2, -0.15) is 0 Å². The number of nitrogens with one attached hydrogen (secondary N) is 6. The highest BCUT2D eigenvalue weighted by molar-refractivity contribution is 9.10. The van der Waals surface area contributed by atoms with Crippen molar-refractivity contribution in [2.45, 2.75) is 152 Å². The molecule has 0 bridgehead atoms. The van der Waals surface area contributed by atoms with Crippen LogP contribution in [0, 0.1) is 41.4 Å². The molecule has 47 heteroatoms. The summed E-state index contributed by atoms with van der Waals surface area (Å²) in [6.07, 6.45) is 22.6. The van der Waals surface area contributed by atoms with Gasteiger partial charge in [0.15, 0.2) is 28.5 Å². The van der Waals surface area contributed by atoms with Gasteiger partial charge in [-0.3, -0.25) is 33.6 Å². The van der Waals surface area contributed by atoms with E-state index >= 15 is 0 Å². The van der Waals surface area contributed by atoms with E-state index in [1.807, 2.05) is 36.4 Å². The summed E-state index contributed by atoms with van der Waals surface area (Å²) in [6, 6.07) is 27.8. The Hall–Kier alpha value is -13.4. The maximum Gasteiger partial charge on any atom is 0.491 e. The lowest BCUT2D eigenvalue weighted by Gasteiger charge is -2.14. The van der Waals surface area contributed by atoms with Crippen LogP contribution in [0.1, 0.15) is 225 Å². The third-order valence-corrected chi connectivity index (χ3v) is 25.6. The summed E-state index contributed by atoms with van der Waals surface area (Å²) in [5.74, 6) is 1.94. The molecule has 20 rings (SSSR count). The molecule has 0 radical (unpaired) electrons. The van der Waals surface area contributed by atoms with Gasteiger partial charge in [-0.25, -0.2) is 58.9 Å². The lowest BCUT2D eigenvalue weighted by molar-refractivity contribution is -0.118. The fraction of sp³-hybridized carbons (Fsp3) is 0.444. The molecule has 146 heavy (non-hydrogen) atoms. The Morgan fingerprint density at radius 3 is 1.02 bits per heavy atom. The van der Waals surface area contributed by atoms with Gasteiger partial charge in [0.25, 0.3) is 0 Å². The third kappa shape index (κ3) is 34.4. The quantitative estimate of drug-likeness (QED) is 0.00435. The monoisotopic (exact) mass is 2160 g/mol. The Morgan fingerprint density at radius 2 is 0.705 bits per heavy atom. The minimum Gasteiger partial charge on any atom is -0.473 e. The first-order valence-corrected chi connectivity index (χ1v) is 49.4. The van der Waals surface area contributed by atoms with Crippen LogP contribution in [0.5, 0.6) is 0 Å². The summed E-state index contributed by atoms with van der Waals surface area (Å²) in [4.78, 5) is 171. The number of nitrogens with two attached hydrogens (primary N) is 1. The van der Waals surface area contributed by atoms with Gasteiger partial charge in [0.1, 0.15) is 40.7 Å². The average Bonchev–Trinajstić information content (AvgIpc) is 1.35. The van der Waals surface area contributed by atoms with Gasteiger partial charge in [0.2, 0.25) is 40.7 Å². The lowest BCUT2D eigenvalue weighted by Crippen LogP contribution is -2.27. The van der Waals surface area contributed by atoms with E-state index in [1.54, 1.807) is 54.6 Å². The van der Waals surface area contributed by atoms with Crippen molar-refractivity contribution in [3.05, 3.63) is 204 Å². The molecule has 4 atom stereocenters. The Bertz CT molecular complexity index is 6010. The number of aromatic nitrogens is 7. The molecule has 774 valence electrons. The number of carbonyl (C=O) groups is 12. The number of methoxy groups -OCH3 is 5. The first-order chi connectivity index (χ1) is 70.5. The second kappa shape index (κ2) is 55.2. The maximum absolute atomic E-state index is 11.9. The molecule has 9 aromatic rings. The molecule has 0 aromatic carbocycles. The number of anilines is 7. The molecular weight excluding hydrogens is 2050 g/mol. The van der Waals surface area contributed by atoms with Crippen molar-refractivity contribution < 1.29 is 124 Å². The molecule has 11 fully saturated rings. The van der Waals surface area contributed by atoms with E-state index in [9.17, 15) is 62.6 Å². The fourth-order valence-electron chi connectivity index (χ4n) is 14.7. The topological polar surface area (TPSA) is 612 Å². The molecule has 11 N–H and O–H groups in total. The van der Waals surface area contributed by atoms with Crippen LogP contribution in [0.15, 0.2) is 145 Å². The number of furan rings is 2. The van der Waals surface area contributed by atoms with Crippen LogP contribution in [-0.4, -0.2) is 216 Å². The second-order valence-electron chi connectivity index (χ2n) is 35.3. The molecule has 4 aliphatic heterocycles. The van der Waals surface area contributed by atoms with E-state index < -0.39 is 37.0 Å². The summed E-state index contributed by atoms with van der Waals surface area (Å²) in [5, 5.41) is 46.2. The van der Waals surface area contributed by atoms with Crippen molar-refractivity contribution in [3.63, 3.8) is 0 Å². The Labute approximate surface area is 860 Å². The first kappa shape index (κ1) is 111. The van der Waals surface area contributed by atoms with Crippen molar-refractivity contribution in [2.24, 2.45) is 46.5 Å². The molecule has 4 unspecified atom stereocenters. The number of ether oxygens (including phenoxy) is 9. The van der Waals surface area contributed by atoms with E-state index in [4.69, 9.17) is 70.5 Å². The predicted octanol–water partition coefficient (Wildman–Crippen LogP) is 13.4. The molecule has 43 nitrogen and oxygen atoms in total. The van der Waals surface area contributed by atoms with E-state index in [1.165, 1.54) is 66.7 Å². The molecule has 6 amide bonds. The van der Waals surface area contributed by atoms with Gasteiger partial charge in [-0.05, 0) is 260 Å². The Balaban J connectivity index is 0.000000149. The van der Waals surface area contributed by atoms with Crippen LogP contribution in [0.4, 0.5) is 40.7 Å². The van der Waals surface area contributed by atoms with Gasteiger partial charge in [-0.1, -0.05) is 29.4 Å². The molecule has 11 aliphatic rings. The van der Waals surface area contributed by atoms with Gasteiger partial charge in [0, 0.05) is 113 Å². The highest BCUT2D eigenvalue weighted by Gasteiger charge is 2.38. The Morgan fingerprint density at radius 1 is 0.397 bits per heavy atom. The predicted molar refractivity (Wildman–Crippen MR) is 536 cm³/mol. The molecule has 4 saturated heterocycles. The summed E-state index contributed by atoms with van der Waals surface area (Å²) >= 11 is 11.4. The van der Waals surface area contributed by atoms with E-state index in [0.717, 1.165) is 162 Å². The number of aliphatic hydroxyl groups excluding tert-OH is 1. The number of hydrogen-bond acceptors (Lipinski definition) is 35. The van der Waals surface area contributed by atoms with Crippen LogP contribution in [0.2, 0.25) is 0 Å². The lowest BCUT2D eigenvalue weighted by atomic mass is 9.83. The number of hydrogen-bond donors (Lipinski definition) is 10. The number of esters is 5. The molecular formula is C99H113BBr2ClN17O26. The van der Waals surface area contributed by atoms with Crippen LogP contribution in [-0.2, 0) is 89.3 Å². The van der Waals surface area contributed by atoms with Crippen LogP contribution < -0.4 is 43.1 Å². The largest absolute Gasteiger partial charge is 0.491 e. The maximum atomic E-state index is 11.9. The van der Waals surface area contributed by atoms with Gasteiger partial charge in [0.05, 0.1) is 121 Å². The highest BCUT2D eigenvalue weighted by atomic mass is 79.9.